The SMILES string of the molecule is CNC1NCc2c1cn(S(=O)(=O)c1cccc(Cl)c1)c2-c1ccccc1F. The minimum Gasteiger partial charge on any atom is -0.301 e. The number of nitrogens with zero attached hydrogens (tertiary/aromatic N) is 1. The number of aromatic nitrogens is 1. The monoisotopic (exact) mass is 405 g/mol. The van der Waals surface area contributed by atoms with E-state index in [1.807, 2.05) is 0 Å². The number of fused-ring (bicyclic) bond motifs is 1. The zero-order valence-corrected chi connectivity index (χ0v) is 16.0. The van der Waals surface area contributed by atoms with Crippen LogP contribution in [0.5, 0.6) is 0 Å². The molecule has 0 bridgehead atoms. The van der Waals surface area contributed by atoms with Crippen LogP contribution >= 0.6 is 11.6 Å². The van der Waals surface area contributed by atoms with Gasteiger partial charge in [-0.15, -0.1) is 0 Å². The molecule has 0 spiro atoms. The number of hydrogen-bond acceptors (Lipinski definition) is 4. The summed E-state index contributed by atoms with van der Waals surface area (Å²) < 4.78 is 42.4. The van der Waals surface area contributed by atoms with Gasteiger partial charge in [0.05, 0.1) is 16.8 Å². The lowest BCUT2D eigenvalue weighted by Gasteiger charge is -2.14. The highest BCUT2D eigenvalue weighted by Gasteiger charge is 2.33. The van der Waals surface area contributed by atoms with Crippen LogP contribution in [0.25, 0.3) is 11.3 Å². The van der Waals surface area contributed by atoms with Gasteiger partial charge < -0.3 is 5.32 Å². The molecule has 0 radical (unpaired) electrons. The van der Waals surface area contributed by atoms with E-state index in [1.165, 1.54) is 18.2 Å². The van der Waals surface area contributed by atoms with E-state index in [-0.39, 0.29) is 16.6 Å². The summed E-state index contributed by atoms with van der Waals surface area (Å²) in [6.07, 6.45) is 1.34. The number of halogens is 2. The minimum absolute atomic E-state index is 0.0511. The van der Waals surface area contributed by atoms with E-state index in [4.69, 9.17) is 11.6 Å². The van der Waals surface area contributed by atoms with Crippen LogP contribution in [0.2, 0.25) is 5.02 Å². The summed E-state index contributed by atoms with van der Waals surface area (Å²) in [5, 5.41) is 6.66. The molecule has 0 aliphatic carbocycles. The van der Waals surface area contributed by atoms with Crippen molar-refractivity contribution in [2.24, 2.45) is 0 Å². The maximum Gasteiger partial charge on any atom is 0.268 e. The quantitative estimate of drug-likeness (QED) is 0.697. The highest BCUT2D eigenvalue weighted by atomic mass is 35.5. The fourth-order valence-electron chi connectivity index (χ4n) is 3.41. The van der Waals surface area contributed by atoms with Crippen LogP contribution in [0.3, 0.4) is 0 Å². The molecule has 0 amide bonds. The zero-order chi connectivity index (χ0) is 19.2. The summed E-state index contributed by atoms with van der Waals surface area (Å²) in [5.41, 5.74) is 2.10. The van der Waals surface area contributed by atoms with Gasteiger partial charge in [-0.25, -0.2) is 16.8 Å². The Morgan fingerprint density at radius 2 is 2.00 bits per heavy atom. The van der Waals surface area contributed by atoms with E-state index in [2.05, 4.69) is 10.6 Å². The second-order valence-corrected chi connectivity index (χ2v) is 8.50. The maximum absolute atomic E-state index is 14.6. The first-order valence-corrected chi connectivity index (χ1v) is 10.2. The largest absolute Gasteiger partial charge is 0.301 e. The maximum atomic E-state index is 14.6. The fourth-order valence-corrected chi connectivity index (χ4v) is 5.12. The Kier molecular flexibility index (Phi) is 4.55. The molecule has 8 heteroatoms. The Labute approximate surface area is 161 Å². The molecule has 1 aliphatic heterocycles. The van der Waals surface area contributed by atoms with Gasteiger partial charge >= 0.3 is 0 Å². The Hall–Kier alpha value is -2.19. The van der Waals surface area contributed by atoms with E-state index >= 15 is 0 Å². The van der Waals surface area contributed by atoms with E-state index in [9.17, 15) is 12.8 Å². The van der Waals surface area contributed by atoms with Crippen molar-refractivity contribution in [1.82, 2.24) is 14.6 Å². The second kappa shape index (κ2) is 6.76. The van der Waals surface area contributed by atoms with E-state index in [0.29, 0.717) is 17.3 Å². The highest BCUT2D eigenvalue weighted by Crippen LogP contribution is 2.38. The molecule has 0 saturated heterocycles. The molecule has 27 heavy (non-hydrogen) atoms. The van der Waals surface area contributed by atoms with Gasteiger partial charge in [-0.05, 0) is 42.9 Å². The lowest BCUT2D eigenvalue weighted by molar-refractivity contribution is 0.512. The van der Waals surface area contributed by atoms with Crippen molar-refractivity contribution in [1.29, 1.82) is 0 Å². The predicted octanol–water partition coefficient (Wildman–Crippen LogP) is 3.51. The Bertz CT molecular complexity index is 1130. The molecule has 1 unspecified atom stereocenters. The molecule has 1 aromatic heterocycles. The standard InChI is InChI=1S/C19H17ClFN3O2S/c1-22-19-16-11-24(27(25,26)13-6-4-5-12(20)9-13)18(15(16)10-23-19)14-7-2-3-8-17(14)21/h2-9,11,19,22-23H,10H2,1H3. The summed E-state index contributed by atoms with van der Waals surface area (Å²) >= 11 is 5.99. The molecule has 2 aromatic carbocycles. The van der Waals surface area contributed by atoms with Gasteiger partial charge in [0.1, 0.15) is 5.82 Å². The molecule has 1 atom stereocenters. The van der Waals surface area contributed by atoms with Gasteiger partial charge in [0, 0.05) is 28.9 Å². The molecule has 0 fully saturated rings. The molecule has 4 rings (SSSR count). The topological polar surface area (TPSA) is 63.1 Å². The summed E-state index contributed by atoms with van der Waals surface area (Å²) in [6.45, 7) is 0.433. The molecular weight excluding hydrogens is 389 g/mol. The van der Waals surface area contributed by atoms with Gasteiger partial charge in [0.25, 0.3) is 10.0 Å². The second-order valence-electron chi connectivity index (χ2n) is 6.25. The van der Waals surface area contributed by atoms with Crippen LogP contribution in [-0.2, 0) is 16.6 Å². The lowest BCUT2D eigenvalue weighted by atomic mass is 10.1. The van der Waals surface area contributed by atoms with Crippen LogP contribution in [0.1, 0.15) is 17.3 Å². The Morgan fingerprint density at radius 1 is 1.22 bits per heavy atom. The molecule has 3 aromatic rings. The van der Waals surface area contributed by atoms with Crippen molar-refractivity contribution in [2.45, 2.75) is 17.6 Å². The summed E-state index contributed by atoms with van der Waals surface area (Å²) in [5.74, 6) is -0.478. The summed E-state index contributed by atoms with van der Waals surface area (Å²) in [6, 6.07) is 12.2. The number of rotatable bonds is 4. The van der Waals surface area contributed by atoms with Crippen molar-refractivity contribution >= 4 is 21.6 Å². The summed E-state index contributed by atoms with van der Waals surface area (Å²) in [7, 11) is -2.18. The highest BCUT2D eigenvalue weighted by molar-refractivity contribution is 7.90. The molecule has 2 heterocycles. The normalized spacial score (nSPS) is 16.5. The first-order valence-electron chi connectivity index (χ1n) is 8.34. The average molecular weight is 406 g/mol. The number of nitrogens with one attached hydrogen (secondary N) is 2. The van der Waals surface area contributed by atoms with Crippen molar-refractivity contribution in [3.05, 3.63) is 76.7 Å². The molecule has 5 nitrogen and oxygen atoms in total. The molecular formula is C19H17ClFN3O2S. The van der Waals surface area contributed by atoms with E-state index < -0.39 is 15.8 Å². The third kappa shape index (κ3) is 2.96. The van der Waals surface area contributed by atoms with Crippen molar-refractivity contribution in [3.8, 4) is 11.3 Å². The lowest BCUT2D eigenvalue weighted by Crippen LogP contribution is -2.26. The van der Waals surface area contributed by atoms with E-state index in [1.54, 1.807) is 43.6 Å². The zero-order valence-electron chi connectivity index (χ0n) is 14.4. The third-order valence-corrected chi connectivity index (χ3v) is 6.57. The Balaban J connectivity index is 2.00. The van der Waals surface area contributed by atoms with Gasteiger partial charge in [0.15, 0.2) is 0 Å². The van der Waals surface area contributed by atoms with Crippen molar-refractivity contribution < 1.29 is 12.8 Å². The Morgan fingerprint density at radius 3 is 2.70 bits per heavy atom. The smallest absolute Gasteiger partial charge is 0.268 e. The first-order chi connectivity index (χ1) is 12.9. The van der Waals surface area contributed by atoms with Gasteiger partial charge in [-0.2, -0.15) is 0 Å². The van der Waals surface area contributed by atoms with Gasteiger partial charge in [-0.3, -0.25) is 5.32 Å². The van der Waals surface area contributed by atoms with E-state index in [0.717, 1.165) is 15.1 Å². The molecule has 2 N–H and O–H groups in total. The minimum atomic E-state index is -3.96. The fraction of sp³-hybridized carbons (Fsp3) is 0.158. The number of benzene rings is 2. The van der Waals surface area contributed by atoms with Crippen LogP contribution in [-0.4, -0.2) is 19.4 Å². The van der Waals surface area contributed by atoms with Gasteiger partial charge in [0.2, 0.25) is 0 Å². The van der Waals surface area contributed by atoms with Crippen molar-refractivity contribution in [3.63, 3.8) is 0 Å². The summed E-state index contributed by atoms with van der Waals surface area (Å²) in [4.78, 5) is 0.0511. The predicted molar refractivity (Wildman–Crippen MR) is 103 cm³/mol. The molecule has 1 aliphatic rings. The number of hydrogen-bond donors (Lipinski definition) is 2. The average Bonchev–Trinajstić information content (AvgIpc) is 3.21. The van der Waals surface area contributed by atoms with Gasteiger partial charge in [-0.1, -0.05) is 29.8 Å². The third-order valence-electron chi connectivity index (χ3n) is 4.68. The molecule has 0 saturated carbocycles. The van der Waals surface area contributed by atoms with Crippen LogP contribution in [0.15, 0.2) is 59.6 Å². The first kappa shape index (κ1) is 18.2. The van der Waals surface area contributed by atoms with Crippen LogP contribution < -0.4 is 10.6 Å². The van der Waals surface area contributed by atoms with Crippen LogP contribution in [0.4, 0.5) is 4.39 Å². The molecule has 140 valence electrons. The van der Waals surface area contributed by atoms with Crippen molar-refractivity contribution in [2.75, 3.05) is 7.05 Å². The van der Waals surface area contributed by atoms with Crippen LogP contribution in [0, 0.1) is 5.82 Å².